The number of benzene rings is 1. The highest BCUT2D eigenvalue weighted by Crippen LogP contribution is 2.21. The van der Waals surface area contributed by atoms with E-state index in [2.05, 4.69) is 4.98 Å². The van der Waals surface area contributed by atoms with Crippen molar-refractivity contribution >= 4 is 6.29 Å². The van der Waals surface area contributed by atoms with Gasteiger partial charge in [-0.15, -0.1) is 0 Å². The molecule has 0 fully saturated rings. The Balaban J connectivity index is 2.48. The zero-order chi connectivity index (χ0) is 11.5. The number of nitrogens with zero attached hydrogens (tertiary/aromatic N) is 1. The summed E-state index contributed by atoms with van der Waals surface area (Å²) in [6.45, 7) is 0. The van der Waals surface area contributed by atoms with Crippen molar-refractivity contribution in [3.05, 3.63) is 53.9 Å². The topological polar surface area (TPSA) is 30.0 Å². The molecule has 1 aromatic heterocycles. The zero-order valence-electron chi connectivity index (χ0n) is 8.15. The van der Waals surface area contributed by atoms with Gasteiger partial charge in [-0.2, -0.15) is 4.39 Å². The SMILES string of the molecule is O=Cc1ccc(-c2ccc(F)cc2)c(F)n1. The first-order valence-corrected chi connectivity index (χ1v) is 4.58. The largest absolute Gasteiger partial charge is 0.296 e. The maximum Gasteiger partial charge on any atom is 0.221 e. The van der Waals surface area contributed by atoms with Crippen LogP contribution in [0.1, 0.15) is 10.5 Å². The van der Waals surface area contributed by atoms with E-state index in [-0.39, 0.29) is 17.1 Å². The van der Waals surface area contributed by atoms with Crippen molar-refractivity contribution in [2.45, 2.75) is 0 Å². The Morgan fingerprint density at radius 2 is 1.69 bits per heavy atom. The number of aldehydes is 1. The van der Waals surface area contributed by atoms with E-state index in [1.54, 1.807) is 0 Å². The Labute approximate surface area is 90.6 Å². The van der Waals surface area contributed by atoms with Crippen molar-refractivity contribution in [2.24, 2.45) is 0 Å². The lowest BCUT2D eigenvalue weighted by atomic mass is 10.1. The monoisotopic (exact) mass is 219 g/mol. The smallest absolute Gasteiger partial charge is 0.221 e. The van der Waals surface area contributed by atoms with Crippen LogP contribution in [0.2, 0.25) is 0 Å². The van der Waals surface area contributed by atoms with Crippen LogP contribution < -0.4 is 0 Å². The maximum absolute atomic E-state index is 13.5. The molecular weight excluding hydrogens is 212 g/mol. The molecule has 0 saturated heterocycles. The molecule has 0 atom stereocenters. The Kier molecular flexibility index (Phi) is 2.72. The second kappa shape index (κ2) is 4.18. The van der Waals surface area contributed by atoms with Crippen LogP contribution in [0.25, 0.3) is 11.1 Å². The second-order valence-electron chi connectivity index (χ2n) is 3.20. The van der Waals surface area contributed by atoms with Gasteiger partial charge < -0.3 is 0 Å². The molecule has 1 aromatic carbocycles. The fraction of sp³-hybridized carbons (Fsp3) is 0. The van der Waals surface area contributed by atoms with Gasteiger partial charge in [-0.3, -0.25) is 4.79 Å². The highest BCUT2D eigenvalue weighted by molar-refractivity contribution is 5.73. The number of rotatable bonds is 2. The van der Waals surface area contributed by atoms with Crippen LogP contribution in [0, 0.1) is 11.8 Å². The van der Waals surface area contributed by atoms with E-state index >= 15 is 0 Å². The number of hydrogen-bond acceptors (Lipinski definition) is 2. The van der Waals surface area contributed by atoms with Gasteiger partial charge in [0.2, 0.25) is 5.95 Å². The Hall–Kier alpha value is -2.10. The van der Waals surface area contributed by atoms with E-state index in [1.165, 1.54) is 36.4 Å². The van der Waals surface area contributed by atoms with Gasteiger partial charge in [-0.05, 0) is 29.8 Å². The number of carbonyl (C=O) groups excluding carboxylic acids is 1. The first-order valence-electron chi connectivity index (χ1n) is 4.58. The Morgan fingerprint density at radius 1 is 1.00 bits per heavy atom. The molecule has 16 heavy (non-hydrogen) atoms. The van der Waals surface area contributed by atoms with E-state index in [4.69, 9.17) is 0 Å². The van der Waals surface area contributed by atoms with Gasteiger partial charge in [0, 0.05) is 5.56 Å². The Bertz CT molecular complexity index is 523. The predicted molar refractivity (Wildman–Crippen MR) is 55.0 cm³/mol. The molecule has 2 rings (SSSR count). The molecule has 0 radical (unpaired) electrons. The van der Waals surface area contributed by atoms with E-state index in [9.17, 15) is 13.6 Å². The molecule has 0 aliphatic rings. The number of hydrogen-bond donors (Lipinski definition) is 0. The van der Waals surface area contributed by atoms with Gasteiger partial charge in [0.15, 0.2) is 6.29 Å². The molecule has 2 aromatic rings. The summed E-state index contributed by atoms with van der Waals surface area (Å²) in [7, 11) is 0. The standard InChI is InChI=1S/C12H7F2NO/c13-9-3-1-8(2-4-9)11-6-5-10(7-16)15-12(11)14/h1-7H. The molecule has 0 amide bonds. The summed E-state index contributed by atoms with van der Waals surface area (Å²) in [6, 6.07) is 8.24. The van der Waals surface area contributed by atoms with Gasteiger partial charge in [0.05, 0.1) is 0 Å². The highest BCUT2D eigenvalue weighted by Gasteiger charge is 2.07. The summed E-state index contributed by atoms with van der Waals surface area (Å²) in [5, 5.41) is 0. The molecular formula is C12H7F2NO. The first-order chi connectivity index (χ1) is 7.70. The highest BCUT2D eigenvalue weighted by atomic mass is 19.1. The Morgan fingerprint density at radius 3 is 2.25 bits per heavy atom. The van der Waals surface area contributed by atoms with Crippen LogP contribution >= 0.6 is 0 Å². The van der Waals surface area contributed by atoms with Crippen molar-refractivity contribution in [3.63, 3.8) is 0 Å². The third-order valence-corrected chi connectivity index (χ3v) is 2.15. The van der Waals surface area contributed by atoms with Crippen LogP contribution in [0.15, 0.2) is 36.4 Å². The van der Waals surface area contributed by atoms with Gasteiger partial charge in [0.1, 0.15) is 11.5 Å². The van der Waals surface area contributed by atoms with E-state index < -0.39 is 5.95 Å². The fourth-order valence-electron chi connectivity index (χ4n) is 1.36. The summed E-state index contributed by atoms with van der Waals surface area (Å²) in [5.41, 5.74) is 0.790. The lowest BCUT2D eigenvalue weighted by Gasteiger charge is -2.02. The van der Waals surface area contributed by atoms with Crippen LogP contribution in [-0.2, 0) is 0 Å². The van der Waals surface area contributed by atoms with Crippen molar-refractivity contribution in [3.8, 4) is 11.1 Å². The molecule has 80 valence electrons. The summed E-state index contributed by atoms with van der Waals surface area (Å²) < 4.78 is 26.1. The third-order valence-electron chi connectivity index (χ3n) is 2.15. The maximum atomic E-state index is 13.5. The van der Waals surface area contributed by atoms with Gasteiger partial charge in [0.25, 0.3) is 0 Å². The lowest BCUT2D eigenvalue weighted by molar-refractivity contribution is 0.111. The molecule has 0 unspecified atom stereocenters. The zero-order valence-corrected chi connectivity index (χ0v) is 8.15. The quantitative estimate of drug-likeness (QED) is 0.574. The van der Waals surface area contributed by atoms with Crippen LogP contribution in [-0.4, -0.2) is 11.3 Å². The number of aromatic nitrogens is 1. The van der Waals surface area contributed by atoms with Crippen molar-refractivity contribution in [1.29, 1.82) is 0 Å². The molecule has 0 saturated carbocycles. The van der Waals surface area contributed by atoms with Crippen molar-refractivity contribution < 1.29 is 13.6 Å². The van der Waals surface area contributed by atoms with E-state index in [0.717, 1.165) is 0 Å². The average Bonchev–Trinajstić information content (AvgIpc) is 2.30. The third kappa shape index (κ3) is 1.95. The molecule has 0 aliphatic carbocycles. The molecule has 1 heterocycles. The second-order valence-corrected chi connectivity index (χ2v) is 3.20. The number of pyridine rings is 1. The molecule has 4 heteroatoms. The van der Waals surface area contributed by atoms with Crippen molar-refractivity contribution in [2.75, 3.05) is 0 Å². The van der Waals surface area contributed by atoms with E-state index in [1.807, 2.05) is 0 Å². The number of carbonyl (C=O) groups is 1. The molecule has 0 N–H and O–H groups in total. The minimum Gasteiger partial charge on any atom is -0.296 e. The van der Waals surface area contributed by atoms with Crippen LogP contribution in [0.5, 0.6) is 0 Å². The van der Waals surface area contributed by atoms with Gasteiger partial charge >= 0.3 is 0 Å². The minimum atomic E-state index is -0.740. The molecule has 2 nitrogen and oxygen atoms in total. The van der Waals surface area contributed by atoms with Crippen molar-refractivity contribution in [1.82, 2.24) is 4.98 Å². The molecule has 0 bridgehead atoms. The average molecular weight is 219 g/mol. The normalized spacial score (nSPS) is 10.1. The van der Waals surface area contributed by atoms with E-state index in [0.29, 0.717) is 11.8 Å². The predicted octanol–water partition coefficient (Wildman–Crippen LogP) is 2.84. The summed E-state index contributed by atoms with van der Waals surface area (Å²) >= 11 is 0. The lowest BCUT2D eigenvalue weighted by Crippen LogP contribution is -1.94. The summed E-state index contributed by atoms with van der Waals surface area (Å²) in [6.07, 6.45) is 0.470. The number of halogens is 2. The summed E-state index contributed by atoms with van der Waals surface area (Å²) in [4.78, 5) is 13.8. The summed E-state index contributed by atoms with van der Waals surface area (Å²) in [5.74, 6) is -1.13. The fourth-order valence-corrected chi connectivity index (χ4v) is 1.36. The molecule has 0 aliphatic heterocycles. The van der Waals surface area contributed by atoms with Gasteiger partial charge in [-0.25, -0.2) is 9.37 Å². The van der Waals surface area contributed by atoms with Gasteiger partial charge in [-0.1, -0.05) is 12.1 Å². The first kappa shape index (κ1) is 10.4. The minimum absolute atomic E-state index is 0.0309. The van der Waals surface area contributed by atoms with Crippen LogP contribution in [0.3, 0.4) is 0 Å². The van der Waals surface area contributed by atoms with Crippen LogP contribution in [0.4, 0.5) is 8.78 Å². The molecule has 0 spiro atoms.